The van der Waals surface area contributed by atoms with Crippen molar-refractivity contribution in [1.29, 1.82) is 0 Å². The Kier molecular flexibility index (Phi) is 7.66. The number of carbonyl (C=O) groups excluding carboxylic acids is 1. The van der Waals surface area contributed by atoms with Crippen molar-refractivity contribution in [3.8, 4) is 5.75 Å². The second-order valence-electron chi connectivity index (χ2n) is 4.48. The molecule has 0 heterocycles. The van der Waals surface area contributed by atoms with Gasteiger partial charge in [0.15, 0.2) is 0 Å². The van der Waals surface area contributed by atoms with Crippen molar-refractivity contribution in [3.05, 3.63) is 30.3 Å². The number of nitrogens with one attached hydrogen (secondary N) is 2. The molecule has 1 rings (SSSR count). The first-order valence-corrected chi connectivity index (χ1v) is 6.93. The minimum Gasteiger partial charge on any atom is -0.492 e. The van der Waals surface area contributed by atoms with Gasteiger partial charge in [0.2, 0.25) is 5.91 Å². The van der Waals surface area contributed by atoms with Crippen molar-refractivity contribution in [2.24, 2.45) is 0 Å². The summed E-state index contributed by atoms with van der Waals surface area (Å²) < 4.78 is 5.54. The largest absolute Gasteiger partial charge is 0.492 e. The van der Waals surface area contributed by atoms with Crippen LogP contribution in [-0.2, 0) is 4.79 Å². The van der Waals surface area contributed by atoms with Crippen LogP contribution >= 0.6 is 0 Å². The Hall–Kier alpha value is -1.55. The standard InChI is InChI=1S/C15H24N2O2/c1-3-4-10-17-15(18)13(2)16-11-12-19-14-8-6-5-7-9-14/h5-9,13,16H,3-4,10-12H2,1-2H3,(H,17,18). The predicted octanol–water partition coefficient (Wildman–Crippen LogP) is 1.96. The molecular weight excluding hydrogens is 240 g/mol. The second-order valence-corrected chi connectivity index (χ2v) is 4.48. The third-order valence-electron chi connectivity index (χ3n) is 2.79. The molecule has 0 aliphatic carbocycles. The van der Waals surface area contributed by atoms with Gasteiger partial charge in [-0.15, -0.1) is 0 Å². The molecule has 0 spiro atoms. The average molecular weight is 264 g/mol. The van der Waals surface area contributed by atoms with Crippen molar-refractivity contribution in [2.75, 3.05) is 19.7 Å². The second kappa shape index (κ2) is 9.39. The van der Waals surface area contributed by atoms with Crippen LogP contribution in [0.1, 0.15) is 26.7 Å². The first-order valence-electron chi connectivity index (χ1n) is 6.93. The van der Waals surface area contributed by atoms with Gasteiger partial charge in [0.25, 0.3) is 0 Å². The molecule has 4 heteroatoms. The van der Waals surface area contributed by atoms with E-state index < -0.39 is 0 Å². The Morgan fingerprint density at radius 1 is 1.26 bits per heavy atom. The Morgan fingerprint density at radius 2 is 2.00 bits per heavy atom. The van der Waals surface area contributed by atoms with Crippen molar-refractivity contribution < 1.29 is 9.53 Å². The third kappa shape index (κ3) is 6.82. The molecule has 19 heavy (non-hydrogen) atoms. The number of hydrogen-bond donors (Lipinski definition) is 2. The third-order valence-corrected chi connectivity index (χ3v) is 2.79. The summed E-state index contributed by atoms with van der Waals surface area (Å²) in [5, 5.41) is 6.04. The van der Waals surface area contributed by atoms with Gasteiger partial charge >= 0.3 is 0 Å². The zero-order chi connectivity index (χ0) is 13.9. The topological polar surface area (TPSA) is 50.4 Å². The number of rotatable bonds is 9. The van der Waals surface area contributed by atoms with Gasteiger partial charge in [-0.25, -0.2) is 0 Å². The van der Waals surface area contributed by atoms with E-state index in [4.69, 9.17) is 4.74 Å². The molecule has 0 saturated heterocycles. The zero-order valence-electron chi connectivity index (χ0n) is 11.8. The van der Waals surface area contributed by atoms with Crippen LogP contribution in [-0.4, -0.2) is 31.6 Å². The van der Waals surface area contributed by atoms with Gasteiger partial charge in [0.1, 0.15) is 12.4 Å². The lowest BCUT2D eigenvalue weighted by Crippen LogP contribution is -2.43. The lowest BCUT2D eigenvalue weighted by Gasteiger charge is -2.14. The Balaban J connectivity index is 2.09. The number of amides is 1. The molecule has 1 amide bonds. The fourth-order valence-electron chi connectivity index (χ4n) is 1.60. The Morgan fingerprint density at radius 3 is 2.68 bits per heavy atom. The molecule has 0 fully saturated rings. The van der Waals surface area contributed by atoms with E-state index in [1.165, 1.54) is 0 Å². The number of carbonyl (C=O) groups is 1. The smallest absolute Gasteiger partial charge is 0.236 e. The maximum atomic E-state index is 11.7. The van der Waals surface area contributed by atoms with E-state index in [1.807, 2.05) is 37.3 Å². The highest BCUT2D eigenvalue weighted by atomic mass is 16.5. The molecule has 0 aliphatic rings. The van der Waals surface area contributed by atoms with Gasteiger partial charge in [0, 0.05) is 13.1 Å². The molecule has 2 N–H and O–H groups in total. The van der Waals surface area contributed by atoms with Crippen LogP contribution in [0, 0.1) is 0 Å². The number of ether oxygens (including phenoxy) is 1. The monoisotopic (exact) mass is 264 g/mol. The zero-order valence-corrected chi connectivity index (χ0v) is 11.8. The van der Waals surface area contributed by atoms with Crippen molar-refractivity contribution in [3.63, 3.8) is 0 Å². The predicted molar refractivity (Wildman–Crippen MR) is 77.3 cm³/mol. The van der Waals surface area contributed by atoms with Crippen LogP contribution in [0.25, 0.3) is 0 Å². The van der Waals surface area contributed by atoms with Gasteiger partial charge in [-0.1, -0.05) is 31.5 Å². The molecule has 0 aromatic heterocycles. The van der Waals surface area contributed by atoms with Crippen molar-refractivity contribution in [1.82, 2.24) is 10.6 Å². The summed E-state index contributed by atoms with van der Waals surface area (Å²) in [5.74, 6) is 0.900. The van der Waals surface area contributed by atoms with Crippen molar-refractivity contribution in [2.45, 2.75) is 32.7 Å². The molecule has 0 radical (unpaired) electrons. The maximum Gasteiger partial charge on any atom is 0.236 e. The van der Waals surface area contributed by atoms with Crippen molar-refractivity contribution >= 4 is 5.91 Å². The minimum absolute atomic E-state index is 0.0492. The first kappa shape index (κ1) is 15.5. The molecule has 106 valence electrons. The van der Waals surface area contributed by atoms with Crippen LogP contribution in [0.4, 0.5) is 0 Å². The molecule has 0 bridgehead atoms. The summed E-state index contributed by atoms with van der Waals surface area (Å²) >= 11 is 0. The highest BCUT2D eigenvalue weighted by Gasteiger charge is 2.10. The lowest BCUT2D eigenvalue weighted by atomic mass is 10.3. The summed E-state index contributed by atoms with van der Waals surface area (Å²) in [6.45, 7) is 5.92. The highest BCUT2D eigenvalue weighted by Crippen LogP contribution is 2.07. The summed E-state index contributed by atoms with van der Waals surface area (Å²) in [6.07, 6.45) is 2.11. The SMILES string of the molecule is CCCCNC(=O)C(C)NCCOc1ccccc1. The Labute approximate surface area is 115 Å². The molecule has 1 aromatic rings. The summed E-state index contributed by atoms with van der Waals surface area (Å²) in [4.78, 5) is 11.7. The molecule has 1 unspecified atom stereocenters. The van der Waals surface area contributed by atoms with Crippen LogP contribution in [0.2, 0.25) is 0 Å². The van der Waals surface area contributed by atoms with E-state index in [9.17, 15) is 4.79 Å². The van der Waals surface area contributed by atoms with E-state index in [0.717, 1.165) is 25.1 Å². The van der Waals surface area contributed by atoms with Crippen LogP contribution in [0.5, 0.6) is 5.75 Å². The summed E-state index contributed by atoms with van der Waals surface area (Å²) in [5.41, 5.74) is 0. The number of para-hydroxylation sites is 1. The molecular formula is C15H24N2O2. The molecule has 4 nitrogen and oxygen atoms in total. The Bertz CT molecular complexity index is 354. The lowest BCUT2D eigenvalue weighted by molar-refractivity contribution is -0.122. The van der Waals surface area contributed by atoms with E-state index >= 15 is 0 Å². The fraction of sp³-hybridized carbons (Fsp3) is 0.533. The van der Waals surface area contributed by atoms with Gasteiger partial charge in [-0.2, -0.15) is 0 Å². The number of benzene rings is 1. The molecule has 0 saturated carbocycles. The normalized spacial score (nSPS) is 11.9. The maximum absolute atomic E-state index is 11.7. The first-order chi connectivity index (χ1) is 9.24. The molecule has 1 aromatic carbocycles. The molecule has 1 atom stereocenters. The van der Waals surface area contributed by atoms with Crippen LogP contribution < -0.4 is 15.4 Å². The highest BCUT2D eigenvalue weighted by molar-refractivity contribution is 5.81. The summed E-state index contributed by atoms with van der Waals surface area (Å²) in [6, 6.07) is 9.48. The van der Waals surface area contributed by atoms with Gasteiger partial charge in [0.05, 0.1) is 6.04 Å². The van der Waals surface area contributed by atoms with Gasteiger partial charge in [-0.3, -0.25) is 4.79 Å². The molecule has 0 aliphatic heterocycles. The number of unbranched alkanes of at least 4 members (excludes halogenated alkanes) is 1. The summed E-state index contributed by atoms with van der Waals surface area (Å²) in [7, 11) is 0. The van der Waals surface area contributed by atoms with Gasteiger partial charge in [-0.05, 0) is 25.5 Å². The average Bonchev–Trinajstić information content (AvgIpc) is 2.44. The van der Waals surface area contributed by atoms with E-state index in [2.05, 4.69) is 17.6 Å². The van der Waals surface area contributed by atoms with Gasteiger partial charge < -0.3 is 15.4 Å². The van der Waals surface area contributed by atoms with E-state index in [-0.39, 0.29) is 11.9 Å². The van der Waals surface area contributed by atoms with Crippen LogP contribution in [0.3, 0.4) is 0 Å². The minimum atomic E-state index is -0.184. The fourth-order valence-corrected chi connectivity index (χ4v) is 1.60. The van der Waals surface area contributed by atoms with E-state index in [0.29, 0.717) is 13.2 Å². The van der Waals surface area contributed by atoms with E-state index in [1.54, 1.807) is 0 Å². The number of hydrogen-bond acceptors (Lipinski definition) is 3. The van der Waals surface area contributed by atoms with Crippen LogP contribution in [0.15, 0.2) is 30.3 Å². The quantitative estimate of drug-likeness (QED) is 0.670.